The minimum atomic E-state index is -2.74. The number of esters is 1. The van der Waals surface area contributed by atoms with Crippen LogP contribution in [0.5, 0.6) is 0 Å². The van der Waals surface area contributed by atoms with Crippen LogP contribution in [0.15, 0.2) is 91.0 Å². The number of aldehydes is 1. The molecule has 0 bridgehead atoms. The molecule has 0 aliphatic rings. The van der Waals surface area contributed by atoms with Gasteiger partial charge in [-0.1, -0.05) is 91.0 Å². The van der Waals surface area contributed by atoms with Gasteiger partial charge in [0.15, 0.2) is 12.1 Å². The Morgan fingerprint density at radius 3 is 1.47 bits per heavy atom. The van der Waals surface area contributed by atoms with Gasteiger partial charge in [0, 0.05) is 6.42 Å². The quantitative estimate of drug-likeness (QED) is 0.244. The SMILES string of the molecule is COC(=O)CCC(=O)C(C=O)=P(c1ccccc1)(c1ccccc1)c1ccccc1. The summed E-state index contributed by atoms with van der Waals surface area (Å²) >= 11 is 0. The van der Waals surface area contributed by atoms with Gasteiger partial charge in [-0.05, 0) is 22.8 Å². The summed E-state index contributed by atoms with van der Waals surface area (Å²) in [6.07, 6.45) is 0.542. The number of carbonyl (C=O) groups is 3. The summed E-state index contributed by atoms with van der Waals surface area (Å²) in [5.74, 6) is -0.808. The van der Waals surface area contributed by atoms with E-state index in [0.717, 1.165) is 15.9 Å². The molecule has 0 saturated carbocycles. The Hall–Kier alpha value is -3.23. The molecule has 3 aromatic carbocycles. The first kappa shape index (κ1) is 21.5. The molecule has 3 rings (SSSR count). The molecule has 30 heavy (non-hydrogen) atoms. The lowest BCUT2D eigenvalue weighted by Gasteiger charge is -2.30. The van der Waals surface area contributed by atoms with E-state index in [2.05, 4.69) is 4.74 Å². The second kappa shape index (κ2) is 10.00. The predicted molar refractivity (Wildman–Crippen MR) is 122 cm³/mol. The van der Waals surface area contributed by atoms with E-state index in [0.29, 0.717) is 6.29 Å². The third kappa shape index (κ3) is 4.19. The second-order valence-corrected chi connectivity index (χ2v) is 10.1. The fourth-order valence-corrected chi connectivity index (χ4v) is 7.83. The summed E-state index contributed by atoms with van der Waals surface area (Å²) < 4.78 is 4.67. The van der Waals surface area contributed by atoms with E-state index in [9.17, 15) is 14.4 Å². The van der Waals surface area contributed by atoms with Crippen LogP contribution in [-0.2, 0) is 19.1 Å². The van der Waals surface area contributed by atoms with Crippen molar-refractivity contribution < 1.29 is 19.1 Å². The van der Waals surface area contributed by atoms with Crippen molar-refractivity contribution in [2.24, 2.45) is 0 Å². The summed E-state index contributed by atoms with van der Waals surface area (Å²) in [5.41, 5.74) is 0. The molecule has 0 radical (unpaired) electrons. The monoisotopic (exact) mass is 418 g/mol. The predicted octanol–water partition coefficient (Wildman–Crippen LogP) is 2.87. The maximum Gasteiger partial charge on any atom is 0.305 e. The van der Waals surface area contributed by atoms with Gasteiger partial charge in [-0.15, -0.1) is 0 Å². The van der Waals surface area contributed by atoms with Crippen molar-refractivity contribution in [2.45, 2.75) is 12.8 Å². The largest absolute Gasteiger partial charge is 0.469 e. The maximum atomic E-state index is 13.3. The van der Waals surface area contributed by atoms with E-state index < -0.39 is 12.9 Å². The van der Waals surface area contributed by atoms with Crippen LogP contribution in [0.1, 0.15) is 12.8 Å². The summed E-state index contributed by atoms with van der Waals surface area (Å²) in [5, 5.41) is 2.94. The van der Waals surface area contributed by atoms with E-state index in [1.807, 2.05) is 91.0 Å². The van der Waals surface area contributed by atoms with E-state index in [4.69, 9.17) is 0 Å². The lowest BCUT2D eigenvalue weighted by molar-refractivity contribution is -0.141. The van der Waals surface area contributed by atoms with Crippen molar-refractivity contribution in [3.05, 3.63) is 91.0 Å². The fraction of sp³-hybridized carbons (Fsp3) is 0.120. The first-order valence-electron chi connectivity index (χ1n) is 9.63. The molecule has 0 N–H and O–H groups in total. The molecule has 152 valence electrons. The van der Waals surface area contributed by atoms with Gasteiger partial charge >= 0.3 is 5.97 Å². The van der Waals surface area contributed by atoms with Gasteiger partial charge in [0.05, 0.1) is 18.8 Å². The van der Waals surface area contributed by atoms with Crippen LogP contribution in [0.4, 0.5) is 0 Å². The molecule has 3 aromatic rings. The molecule has 0 fully saturated rings. The topological polar surface area (TPSA) is 60.4 Å². The van der Waals surface area contributed by atoms with Gasteiger partial charge < -0.3 is 4.74 Å². The Bertz CT molecular complexity index is 970. The molecule has 0 amide bonds. The normalized spacial score (nSPS) is 10.8. The summed E-state index contributed by atoms with van der Waals surface area (Å²) in [6.45, 7) is -2.74. The van der Waals surface area contributed by atoms with E-state index >= 15 is 0 Å². The third-order valence-corrected chi connectivity index (χ3v) is 9.27. The minimum Gasteiger partial charge on any atom is -0.469 e. The molecule has 0 spiro atoms. The number of rotatable bonds is 8. The molecule has 0 aromatic heterocycles. The number of ether oxygens (including phenoxy) is 1. The van der Waals surface area contributed by atoms with Crippen LogP contribution in [-0.4, -0.2) is 30.4 Å². The van der Waals surface area contributed by atoms with Crippen LogP contribution in [0.2, 0.25) is 0 Å². The maximum absolute atomic E-state index is 13.3. The van der Waals surface area contributed by atoms with Crippen molar-refractivity contribution in [3.63, 3.8) is 0 Å². The Morgan fingerprint density at radius 2 is 1.13 bits per heavy atom. The molecule has 0 saturated heterocycles. The summed E-state index contributed by atoms with van der Waals surface area (Å²) in [4.78, 5) is 37.4. The molecule has 4 nitrogen and oxygen atoms in total. The van der Waals surface area contributed by atoms with Gasteiger partial charge in [0.1, 0.15) is 0 Å². The van der Waals surface area contributed by atoms with Crippen molar-refractivity contribution in [3.8, 4) is 0 Å². The zero-order valence-electron chi connectivity index (χ0n) is 16.7. The highest BCUT2D eigenvalue weighted by Gasteiger charge is 2.32. The molecular weight excluding hydrogens is 395 g/mol. The number of hydrogen-bond donors (Lipinski definition) is 0. The molecule has 0 unspecified atom stereocenters. The highest BCUT2D eigenvalue weighted by atomic mass is 31.2. The standard InChI is InChI=1S/C25H23O4P/c1-29-25(28)18-17-23(27)24(19-26)30(20-11-5-2-6-12-20,21-13-7-3-8-14-21)22-15-9-4-10-16-22/h2-16,19H,17-18H2,1H3. The molecule has 0 atom stereocenters. The third-order valence-electron chi connectivity index (χ3n) is 4.97. The molecule has 0 aliphatic carbocycles. The second-order valence-electron chi connectivity index (χ2n) is 6.68. The number of carbonyl (C=O) groups excluding carboxylic acids is 3. The number of ketones is 1. The van der Waals surface area contributed by atoms with Gasteiger partial charge in [-0.2, -0.15) is 0 Å². The van der Waals surface area contributed by atoms with E-state index in [1.165, 1.54) is 7.11 Å². The Kier molecular flexibility index (Phi) is 7.16. The number of Topliss-reactive ketones (excluding diaryl/α,β-unsaturated/α-hetero) is 1. The smallest absolute Gasteiger partial charge is 0.305 e. The van der Waals surface area contributed by atoms with E-state index in [-0.39, 0.29) is 23.9 Å². The lowest BCUT2D eigenvalue weighted by Crippen LogP contribution is -2.34. The van der Waals surface area contributed by atoms with Crippen molar-refractivity contribution in [1.29, 1.82) is 0 Å². The van der Waals surface area contributed by atoms with Crippen LogP contribution < -0.4 is 15.9 Å². The highest BCUT2D eigenvalue weighted by molar-refractivity contribution is 7.97. The Morgan fingerprint density at radius 1 is 0.733 bits per heavy atom. The first-order chi connectivity index (χ1) is 14.6. The van der Waals surface area contributed by atoms with E-state index in [1.54, 1.807) is 0 Å². The lowest BCUT2D eigenvalue weighted by atomic mass is 10.2. The van der Waals surface area contributed by atoms with Crippen molar-refractivity contribution >= 4 is 46.1 Å². The van der Waals surface area contributed by atoms with Crippen molar-refractivity contribution in [1.82, 2.24) is 0 Å². The zero-order valence-corrected chi connectivity index (χ0v) is 17.6. The number of benzene rings is 3. The Labute approximate surface area is 176 Å². The van der Waals surface area contributed by atoms with Crippen LogP contribution in [0, 0.1) is 0 Å². The number of methoxy groups -OCH3 is 1. The van der Waals surface area contributed by atoms with Gasteiger partial charge in [-0.25, -0.2) is 0 Å². The number of hydrogen-bond acceptors (Lipinski definition) is 4. The van der Waals surface area contributed by atoms with Gasteiger partial charge in [0.2, 0.25) is 0 Å². The Balaban J connectivity index is 2.41. The fourth-order valence-electron chi connectivity index (χ4n) is 3.60. The van der Waals surface area contributed by atoms with Gasteiger partial charge in [0.25, 0.3) is 0 Å². The van der Waals surface area contributed by atoms with Crippen molar-refractivity contribution in [2.75, 3.05) is 7.11 Å². The zero-order chi connectivity index (χ0) is 21.4. The molecule has 0 aliphatic heterocycles. The molecule has 5 heteroatoms. The molecule has 0 heterocycles. The van der Waals surface area contributed by atoms with Crippen LogP contribution >= 0.6 is 6.89 Å². The summed E-state index contributed by atoms with van der Waals surface area (Å²) in [7, 11) is 1.28. The summed E-state index contributed by atoms with van der Waals surface area (Å²) in [6, 6.07) is 29.0. The molecular formula is C25H23O4P. The average molecular weight is 418 g/mol. The van der Waals surface area contributed by atoms with Crippen LogP contribution in [0.25, 0.3) is 0 Å². The van der Waals surface area contributed by atoms with Crippen LogP contribution in [0.3, 0.4) is 0 Å². The average Bonchev–Trinajstić information content (AvgIpc) is 2.82. The minimum absolute atomic E-state index is 0.0644. The first-order valence-corrected chi connectivity index (χ1v) is 11.4. The highest BCUT2D eigenvalue weighted by Crippen LogP contribution is 2.46. The van der Waals surface area contributed by atoms with Gasteiger partial charge in [-0.3, -0.25) is 14.4 Å².